The molecule has 0 saturated carbocycles. The first kappa shape index (κ1) is 70.2. The Kier molecular flexibility index (Phi) is 52.4. The van der Waals surface area contributed by atoms with Crippen molar-refractivity contribution in [2.75, 3.05) is 65.8 Å². The van der Waals surface area contributed by atoms with Crippen LogP contribution in [0.1, 0.15) is 232 Å². The highest BCUT2D eigenvalue weighted by Gasteiger charge is 2.15. The number of nitrogens with zero attached hydrogens (tertiary/aromatic N) is 1. The van der Waals surface area contributed by atoms with E-state index >= 15 is 0 Å². The Labute approximate surface area is 464 Å². The summed E-state index contributed by atoms with van der Waals surface area (Å²) in [5, 5.41) is 0. The van der Waals surface area contributed by atoms with Crippen LogP contribution in [0.5, 0.6) is 0 Å². The summed E-state index contributed by atoms with van der Waals surface area (Å²) < 4.78 is 39.2. The zero-order valence-electron chi connectivity index (χ0n) is 48.7. The van der Waals surface area contributed by atoms with Gasteiger partial charge >= 0.3 is 11.9 Å². The largest absolute Gasteiger partial charge is 0.466 e. The molecule has 1 N–H and O–H groups in total. The second-order valence-corrected chi connectivity index (χ2v) is 20.9. The first-order chi connectivity index (χ1) is 36.9. The van der Waals surface area contributed by atoms with Gasteiger partial charge in [-0.3, -0.25) is 14.3 Å². The smallest absolute Gasteiger partial charge is 0.305 e. The Morgan fingerprint density at radius 1 is 0.453 bits per heavy atom. The monoisotopic (exact) mass is 1070 g/mol. The molecule has 1 aromatic carbocycles. The predicted octanol–water partition coefficient (Wildman–Crippen LogP) is 17.1. The Bertz CT molecular complexity index is 1390. The van der Waals surface area contributed by atoms with Crippen molar-refractivity contribution >= 4 is 23.9 Å². The highest BCUT2D eigenvalue weighted by Crippen LogP contribution is 2.17. The van der Waals surface area contributed by atoms with Crippen molar-refractivity contribution in [1.82, 2.24) is 9.62 Å². The molecule has 0 heterocycles. The van der Waals surface area contributed by atoms with Crippen LogP contribution in [0.3, 0.4) is 0 Å². The SMILES string of the molecule is CC/C=C\CCCCOC(CCC(=O)OCCCCCCCN(CCCCCCCOC(=O)CCC(OCCCC/C=C\CC)OCCCC/C=C\CC)CCCNSc1ccc(C)cc1)OCCCC/C=C\CC. The molecule has 0 aliphatic rings. The topological polar surface area (TPSA) is 105 Å². The van der Waals surface area contributed by atoms with E-state index in [1.807, 2.05) is 0 Å². The molecule has 0 atom stereocenters. The molecular formula is C64H112N2O8S. The van der Waals surface area contributed by atoms with E-state index in [2.05, 4.69) is 117 Å². The van der Waals surface area contributed by atoms with Gasteiger partial charge in [0, 0.05) is 50.7 Å². The Morgan fingerprint density at radius 3 is 1.19 bits per heavy atom. The van der Waals surface area contributed by atoms with Gasteiger partial charge in [-0.2, -0.15) is 0 Å². The molecule has 0 aliphatic heterocycles. The van der Waals surface area contributed by atoms with Crippen LogP contribution in [0.2, 0.25) is 0 Å². The molecule has 432 valence electrons. The normalized spacial score (nSPS) is 12.2. The summed E-state index contributed by atoms with van der Waals surface area (Å²) in [6.07, 6.45) is 47.7. The average Bonchev–Trinajstić information content (AvgIpc) is 3.41. The minimum absolute atomic E-state index is 0.159. The fourth-order valence-electron chi connectivity index (χ4n) is 8.26. The molecule has 0 bridgehead atoms. The minimum atomic E-state index is -0.362. The first-order valence-corrected chi connectivity index (χ1v) is 31.3. The highest BCUT2D eigenvalue weighted by molar-refractivity contribution is 7.97. The van der Waals surface area contributed by atoms with Gasteiger partial charge in [-0.15, -0.1) is 0 Å². The summed E-state index contributed by atoms with van der Waals surface area (Å²) in [7, 11) is 0. The lowest BCUT2D eigenvalue weighted by Gasteiger charge is -2.22. The van der Waals surface area contributed by atoms with Crippen LogP contribution in [-0.2, 0) is 38.0 Å². The molecule has 0 aromatic heterocycles. The maximum Gasteiger partial charge on any atom is 0.305 e. The van der Waals surface area contributed by atoms with Gasteiger partial charge in [0.15, 0.2) is 12.6 Å². The third-order valence-corrected chi connectivity index (χ3v) is 13.6. The standard InChI is InChI=1S/C64H112N2O8S/c1-6-10-14-18-26-36-55-71-63(72-56-37-27-19-15-11-7-2)47-45-61(67)69-53-34-30-22-24-32-50-66(52-40-49-65-75-60-43-41-59(5)42-44-60)51-33-25-23-31-35-54-70-62(68)46-48-64(73-57-38-28-20-16-12-8-3)74-58-39-29-21-17-13-9-4/h10-17,41-44,63-65H,6-9,18-40,45-58H2,1-5H3/b14-10-,15-11-,16-12-,17-13-. The van der Waals surface area contributed by atoms with E-state index in [4.69, 9.17) is 28.4 Å². The number of carbonyl (C=O) groups excluding carboxylic acids is 2. The number of nitrogens with one attached hydrogen (secondary N) is 1. The lowest BCUT2D eigenvalue weighted by Crippen LogP contribution is -2.29. The molecule has 0 unspecified atom stereocenters. The predicted molar refractivity (Wildman–Crippen MR) is 317 cm³/mol. The maximum absolute atomic E-state index is 12.7. The van der Waals surface area contributed by atoms with Crippen LogP contribution in [0, 0.1) is 6.92 Å². The third-order valence-electron chi connectivity index (χ3n) is 12.8. The number of unbranched alkanes of at least 4 members (excludes halogenated alkanes) is 16. The zero-order valence-corrected chi connectivity index (χ0v) is 49.5. The number of benzene rings is 1. The van der Waals surface area contributed by atoms with Crippen LogP contribution in [0.25, 0.3) is 0 Å². The van der Waals surface area contributed by atoms with E-state index in [1.165, 1.54) is 36.1 Å². The second-order valence-electron chi connectivity index (χ2n) is 19.9. The number of hydrogen-bond acceptors (Lipinski definition) is 11. The van der Waals surface area contributed by atoms with Crippen molar-refractivity contribution < 1.29 is 38.0 Å². The van der Waals surface area contributed by atoms with Crippen molar-refractivity contribution in [3.8, 4) is 0 Å². The van der Waals surface area contributed by atoms with E-state index in [9.17, 15) is 9.59 Å². The summed E-state index contributed by atoms with van der Waals surface area (Å²) in [6.45, 7) is 18.6. The van der Waals surface area contributed by atoms with Gasteiger partial charge in [-0.05, 0) is 185 Å². The summed E-state index contributed by atoms with van der Waals surface area (Å²) in [6, 6.07) is 8.68. The molecule has 0 amide bonds. The maximum atomic E-state index is 12.7. The first-order valence-electron chi connectivity index (χ1n) is 30.5. The van der Waals surface area contributed by atoms with Gasteiger partial charge in [0.1, 0.15) is 0 Å². The van der Waals surface area contributed by atoms with Crippen molar-refractivity contribution in [1.29, 1.82) is 0 Å². The summed E-state index contributed by atoms with van der Waals surface area (Å²) >= 11 is 1.72. The molecule has 0 spiro atoms. The number of ether oxygens (including phenoxy) is 6. The van der Waals surface area contributed by atoms with Crippen LogP contribution < -0.4 is 4.72 Å². The molecule has 1 rings (SSSR count). The third kappa shape index (κ3) is 49.3. The fourth-order valence-corrected chi connectivity index (χ4v) is 8.94. The van der Waals surface area contributed by atoms with Crippen molar-refractivity contribution in [3.05, 3.63) is 78.4 Å². The van der Waals surface area contributed by atoms with Crippen molar-refractivity contribution in [3.63, 3.8) is 0 Å². The molecular weight excluding hydrogens is 957 g/mol. The van der Waals surface area contributed by atoms with Crippen LogP contribution in [-0.4, -0.2) is 95.2 Å². The summed E-state index contributed by atoms with van der Waals surface area (Å²) in [4.78, 5) is 29.3. The van der Waals surface area contributed by atoms with Gasteiger partial charge in [-0.25, -0.2) is 0 Å². The van der Waals surface area contributed by atoms with E-state index in [-0.39, 0.29) is 24.5 Å². The van der Waals surface area contributed by atoms with Crippen LogP contribution in [0.4, 0.5) is 0 Å². The number of carbonyl (C=O) groups is 2. The molecule has 0 fully saturated rings. The molecule has 11 heteroatoms. The molecule has 0 radical (unpaired) electrons. The Morgan fingerprint density at radius 2 is 0.800 bits per heavy atom. The Balaban J connectivity index is 2.41. The molecule has 10 nitrogen and oxygen atoms in total. The van der Waals surface area contributed by atoms with Crippen molar-refractivity contribution in [2.24, 2.45) is 0 Å². The number of aryl methyl sites for hydroxylation is 1. The zero-order chi connectivity index (χ0) is 54.2. The molecule has 1 aromatic rings. The lowest BCUT2D eigenvalue weighted by molar-refractivity contribution is -0.159. The average molecular weight is 1070 g/mol. The van der Waals surface area contributed by atoms with Gasteiger partial charge < -0.3 is 33.3 Å². The van der Waals surface area contributed by atoms with Gasteiger partial charge in [-0.1, -0.05) is 133 Å². The highest BCUT2D eigenvalue weighted by atomic mass is 32.2. The minimum Gasteiger partial charge on any atom is -0.466 e. The second kappa shape index (κ2) is 56.0. The summed E-state index contributed by atoms with van der Waals surface area (Å²) in [5.74, 6) is -0.318. The van der Waals surface area contributed by atoms with E-state index in [0.717, 1.165) is 174 Å². The lowest BCUT2D eigenvalue weighted by atomic mass is 10.1. The number of hydrogen-bond donors (Lipinski definition) is 1. The van der Waals surface area contributed by atoms with Crippen molar-refractivity contribution in [2.45, 2.75) is 251 Å². The quantitative estimate of drug-likeness (QED) is 0.0222. The van der Waals surface area contributed by atoms with E-state index in [1.54, 1.807) is 11.9 Å². The fraction of sp³-hybridized carbons (Fsp3) is 0.750. The van der Waals surface area contributed by atoms with E-state index in [0.29, 0.717) is 65.3 Å². The number of esters is 2. The van der Waals surface area contributed by atoms with Gasteiger partial charge in [0.05, 0.1) is 26.1 Å². The number of allylic oxidation sites excluding steroid dienone is 8. The Hall–Kier alpha value is -2.77. The summed E-state index contributed by atoms with van der Waals surface area (Å²) in [5.41, 5.74) is 1.28. The number of rotatable bonds is 56. The van der Waals surface area contributed by atoms with Crippen LogP contribution in [0.15, 0.2) is 77.8 Å². The molecule has 0 aliphatic carbocycles. The molecule has 75 heavy (non-hydrogen) atoms. The van der Waals surface area contributed by atoms with Crippen LogP contribution >= 0.6 is 11.9 Å². The van der Waals surface area contributed by atoms with Gasteiger partial charge in [0.2, 0.25) is 0 Å². The van der Waals surface area contributed by atoms with E-state index < -0.39 is 0 Å². The van der Waals surface area contributed by atoms with Gasteiger partial charge in [0.25, 0.3) is 0 Å². The molecule has 0 saturated heterocycles.